The molecule has 0 aliphatic carbocycles. The number of halogens is 2. The molecule has 0 aromatic heterocycles. The van der Waals surface area contributed by atoms with Crippen LogP contribution in [0.1, 0.15) is 5.56 Å². The zero-order chi connectivity index (χ0) is 18.7. The molecule has 0 radical (unpaired) electrons. The molecule has 3 aromatic rings. The second-order valence-electron chi connectivity index (χ2n) is 5.59. The number of anilines is 1. The standard InChI is InChI=1S/C19H15BrClNO3S/c1-13-12-15(21)4-11-19(13)22-26(23,24)18-9-7-17(8-10-18)25-16-5-2-14(20)3-6-16/h2-12,22H,1H3. The highest BCUT2D eigenvalue weighted by Gasteiger charge is 2.15. The van der Waals surface area contributed by atoms with Gasteiger partial charge in [0.1, 0.15) is 11.5 Å². The van der Waals surface area contributed by atoms with Gasteiger partial charge in [-0.15, -0.1) is 0 Å². The van der Waals surface area contributed by atoms with Gasteiger partial charge in [0, 0.05) is 9.50 Å². The van der Waals surface area contributed by atoms with Crippen molar-refractivity contribution in [3.05, 3.63) is 81.8 Å². The molecular formula is C19H15BrClNO3S. The van der Waals surface area contributed by atoms with Crippen molar-refractivity contribution in [2.45, 2.75) is 11.8 Å². The summed E-state index contributed by atoms with van der Waals surface area (Å²) in [5, 5.41) is 0.555. The van der Waals surface area contributed by atoms with E-state index in [2.05, 4.69) is 20.7 Å². The van der Waals surface area contributed by atoms with Crippen molar-refractivity contribution in [2.75, 3.05) is 4.72 Å². The summed E-state index contributed by atoms with van der Waals surface area (Å²) in [6, 6.07) is 18.6. The Morgan fingerprint density at radius 3 is 2.08 bits per heavy atom. The van der Waals surface area contributed by atoms with Gasteiger partial charge in [0.25, 0.3) is 10.0 Å². The third-order valence-electron chi connectivity index (χ3n) is 3.62. The van der Waals surface area contributed by atoms with Crippen molar-refractivity contribution >= 4 is 43.2 Å². The summed E-state index contributed by atoms with van der Waals surface area (Å²) in [6.07, 6.45) is 0. The van der Waals surface area contributed by atoms with Crippen molar-refractivity contribution in [1.29, 1.82) is 0 Å². The van der Waals surface area contributed by atoms with Gasteiger partial charge in [0.2, 0.25) is 0 Å². The van der Waals surface area contributed by atoms with Crippen LogP contribution in [0, 0.1) is 6.92 Å². The van der Waals surface area contributed by atoms with Crippen LogP contribution < -0.4 is 9.46 Å². The Balaban J connectivity index is 1.77. The van der Waals surface area contributed by atoms with Crippen LogP contribution in [0.3, 0.4) is 0 Å². The first-order valence-corrected chi connectivity index (χ1v) is 10.3. The van der Waals surface area contributed by atoms with E-state index in [0.29, 0.717) is 22.2 Å². The molecule has 0 unspecified atom stereocenters. The maximum atomic E-state index is 12.6. The SMILES string of the molecule is Cc1cc(Cl)ccc1NS(=O)(=O)c1ccc(Oc2ccc(Br)cc2)cc1. The molecule has 0 spiro atoms. The molecule has 1 N–H and O–H groups in total. The fourth-order valence-corrected chi connectivity index (χ4v) is 3.89. The van der Waals surface area contributed by atoms with Gasteiger partial charge in [-0.3, -0.25) is 4.72 Å². The largest absolute Gasteiger partial charge is 0.457 e. The molecule has 4 nitrogen and oxygen atoms in total. The Morgan fingerprint density at radius 1 is 0.923 bits per heavy atom. The highest BCUT2D eigenvalue weighted by atomic mass is 79.9. The normalized spacial score (nSPS) is 11.2. The fraction of sp³-hybridized carbons (Fsp3) is 0.0526. The molecule has 26 heavy (non-hydrogen) atoms. The monoisotopic (exact) mass is 451 g/mol. The van der Waals surface area contributed by atoms with E-state index < -0.39 is 10.0 Å². The van der Waals surface area contributed by atoms with Crippen LogP contribution in [-0.4, -0.2) is 8.42 Å². The number of nitrogens with one attached hydrogen (secondary N) is 1. The minimum atomic E-state index is -3.70. The van der Waals surface area contributed by atoms with E-state index in [0.717, 1.165) is 10.0 Å². The van der Waals surface area contributed by atoms with Gasteiger partial charge in [-0.05, 0) is 79.2 Å². The lowest BCUT2D eigenvalue weighted by Crippen LogP contribution is -2.13. The zero-order valence-electron chi connectivity index (χ0n) is 13.7. The van der Waals surface area contributed by atoms with Crippen molar-refractivity contribution in [1.82, 2.24) is 0 Å². The molecule has 0 fully saturated rings. The van der Waals surface area contributed by atoms with Gasteiger partial charge in [-0.25, -0.2) is 8.42 Å². The van der Waals surface area contributed by atoms with Crippen LogP contribution in [0.25, 0.3) is 0 Å². The van der Waals surface area contributed by atoms with E-state index in [1.54, 1.807) is 37.3 Å². The molecule has 3 rings (SSSR count). The van der Waals surface area contributed by atoms with Crippen LogP contribution in [0.4, 0.5) is 5.69 Å². The summed E-state index contributed by atoms with van der Waals surface area (Å²) in [5.74, 6) is 1.22. The van der Waals surface area contributed by atoms with E-state index >= 15 is 0 Å². The summed E-state index contributed by atoms with van der Waals surface area (Å²) >= 11 is 9.27. The van der Waals surface area contributed by atoms with Crippen LogP contribution in [-0.2, 0) is 10.0 Å². The number of rotatable bonds is 5. The maximum Gasteiger partial charge on any atom is 0.261 e. The quantitative estimate of drug-likeness (QED) is 0.516. The Bertz CT molecular complexity index is 1020. The predicted octanol–water partition coefficient (Wildman–Crippen LogP) is 6.00. The van der Waals surface area contributed by atoms with E-state index in [-0.39, 0.29) is 4.90 Å². The molecule has 3 aromatic carbocycles. The third kappa shape index (κ3) is 4.58. The van der Waals surface area contributed by atoms with Crippen molar-refractivity contribution in [3.8, 4) is 11.5 Å². The number of benzene rings is 3. The lowest BCUT2D eigenvalue weighted by molar-refractivity contribution is 0.482. The number of hydrogen-bond acceptors (Lipinski definition) is 3. The molecule has 0 saturated heterocycles. The highest BCUT2D eigenvalue weighted by molar-refractivity contribution is 9.10. The van der Waals surface area contributed by atoms with Gasteiger partial charge < -0.3 is 4.74 Å². The van der Waals surface area contributed by atoms with Crippen LogP contribution in [0.2, 0.25) is 5.02 Å². The first-order chi connectivity index (χ1) is 12.3. The molecule has 134 valence electrons. The van der Waals surface area contributed by atoms with Crippen molar-refractivity contribution in [2.24, 2.45) is 0 Å². The molecule has 0 aliphatic heterocycles. The van der Waals surface area contributed by atoms with E-state index in [1.807, 2.05) is 24.3 Å². The van der Waals surface area contributed by atoms with E-state index in [4.69, 9.17) is 16.3 Å². The van der Waals surface area contributed by atoms with Crippen LogP contribution >= 0.6 is 27.5 Å². The van der Waals surface area contributed by atoms with Crippen molar-refractivity contribution in [3.63, 3.8) is 0 Å². The first-order valence-electron chi connectivity index (χ1n) is 7.66. The molecule has 0 bridgehead atoms. The summed E-state index contributed by atoms with van der Waals surface area (Å²) in [4.78, 5) is 0.148. The summed E-state index contributed by atoms with van der Waals surface area (Å²) in [7, 11) is -3.70. The Hall–Kier alpha value is -2.02. The Kier molecular flexibility index (Phi) is 5.55. The molecule has 0 amide bonds. The molecule has 0 atom stereocenters. The number of sulfonamides is 1. The Morgan fingerprint density at radius 2 is 1.50 bits per heavy atom. The number of aryl methyl sites for hydroxylation is 1. The fourth-order valence-electron chi connectivity index (χ4n) is 2.27. The van der Waals surface area contributed by atoms with Gasteiger partial charge in [-0.2, -0.15) is 0 Å². The molecule has 0 saturated carbocycles. The first kappa shape index (κ1) is 18.8. The number of hydrogen-bond donors (Lipinski definition) is 1. The predicted molar refractivity (Wildman–Crippen MR) is 108 cm³/mol. The lowest BCUT2D eigenvalue weighted by Gasteiger charge is -2.11. The smallest absolute Gasteiger partial charge is 0.261 e. The molecule has 7 heteroatoms. The van der Waals surface area contributed by atoms with Crippen LogP contribution in [0.15, 0.2) is 76.1 Å². The molecular weight excluding hydrogens is 438 g/mol. The summed E-state index contributed by atoms with van der Waals surface area (Å²) in [5.41, 5.74) is 1.24. The van der Waals surface area contributed by atoms with Gasteiger partial charge in [0.15, 0.2) is 0 Å². The van der Waals surface area contributed by atoms with E-state index in [1.165, 1.54) is 12.1 Å². The van der Waals surface area contributed by atoms with E-state index in [9.17, 15) is 8.42 Å². The van der Waals surface area contributed by atoms with Gasteiger partial charge in [-0.1, -0.05) is 27.5 Å². The van der Waals surface area contributed by atoms with Gasteiger partial charge in [0.05, 0.1) is 10.6 Å². The minimum Gasteiger partial charge on any atom is -0.457 e. The summed E-state index contributed by atoms with van der Waals surface area (Å²) in [6.45, 7) is 1.79. The van der Waals surface area contributed by atoms with Crippen molar-refractivity contribution < 1.29 is 13.2 Å². The second kappa shape index (κ2) is 7.70. The zero-order valence-corrected chi connectivity index (χ0v) is 16.9. The Labute approximate surface area is 166 Å². The maximum absolute atomic E-state index is 12.6. The minimum absolute atomic E-state index is 0.148. The average molecular weight is 453 g/mol. The van der Waals surface area contributed by atoms with Crippen LogP contribution in [0.5, 0.6) is 11.5 Å². The second-order valence-corrected chi connectivity index (χ2v) is 8.63. The average Bonchev–Trinajstić information content (AvgIpc) is 2.60. The molecule has 0 aliphatic rings. The number of ether oxygens (including phenoxy) is 1. The summed E-state index contributed by atoms with van der Waals surface area (Å²) < 4.78 is 34.3. The molecule has 0 heterocycles. The topological polar surface area (TPSA) is 55.4 Å². The third-order valence-corrected chi connectivity index (χ3v) is 5.76. The lowest BCUT2D eigenvalue weighted by atomic mass is 10.2. The highest BCUT2D eigenvalue weighted by Crippen LogP contribution is 2.26. The van der Waals surface area contributed by atoms with Gasteiger partial charge >= 0.3 is 0 Å².